The number of halogens is 2. The van der Waals surface area contributed by atoms with Gasteiger partial charge in [0, 0.05) is 54.8 Å². The van der Waals surface area contributed by atoms with Gasteiger partial charge in [0.25, 0.3) is 0 Å². The maximum Gasteiger partial charge on any atom is 0.306 e. The number of carboxylic acids is 1. The molecule has 4 aromatic rings. The number of carbonyl (C=O) groups is 2. The first kappa shape index (κ1) is 26.4. The van der Waals surface area contributed by atoms with E-state index in [2.05, 4.69) is 10.3 Å². The Hall–Kier alpha value is -3.79. The molecule has 1 aliphatic heterocycles. The second-order valence-electron chi connectivity index (χ2n) is 11.1. The summed E-state index contributed by atoms with van der Waals surface area (Å²) in [5.74, 6) is -1.74. The number of aromatic nitrogens is 2. The third-order valence-corrected chi connectivity index (χ3v) is 8.45. The van der Waals surface area contributed by atoms with Gasteiger partial charge in [0.1, 0.15) is 11.7 Å². The maximum absolute atomic E-state index is 15.6. The van der Waals surface area contributed by atoms with Gasteiger partial charge in [-0.05, 0) is 37.8 Å². The molecule has 10 heteroatoms. The van der Waals surface area contributed by atoms with Crippen molar-refractivity contribution in [3.63, 3.8) is 0 Å². The Morgan fingerprint density at radius 1 is 1.15 bits per heavy atom. The summed E-state index contributed by atoms with van der Waals surface area (Å²) in [6.45, 7) is 0.404. The van der Waals surface area contributed by atoms with E-state index in [4.69, 9.17) is 4.42 Å². The summed E-state index contributed by atoms with van der Waals surface area (Å²) in [4.78, 5) is 30.5. The minimum atomic E-state index is -1.14. The van der Waals surface area contributed by atoms with Gasteiger partial charge < -0.3 is 24.3 Å². The fourth-order valence-electron chi connectivity index (χ4n) is 6.23. The number of carbonyl (C=O) groups excluding carboxylic acids is 1. The number of hydrogen-bond acceptors (Lipinski definition) is 5. The van der Waals surface area contributed by atoms with Crippen LogP contribution in [0.25, 0.3) is 33.5 Å². The quantitative estimate of drug-likeness (QED) is 0.342. The van der Waals surface area contributed by atoms with Crippen LogP contribution in [0.1, 0.15) is 37.7 Å². The lowest BCUT2D eigenvalue weighted by molar-refractivity contribution is -0.143. The van der Waals surface area contributed by atoms with Crippen LogP contribution in [-0.4, -0.2) is 62.8 Å². The molecule has 0 unspecified atom stereocenters. The molecular formula is C30H32F2N4O4. The van der Waals surface area contributed by atoms with Gasteiger partial charge in [-0.25, -0.2) is 13.8 Å². The van der Waals surface area contributed by atoms with Gasteiger partial charge in [-0.2, -0.15) is 0 Å². The van der Waals surface area contributed by atoms with Gasteiger partial charge >= 0.3 is 5.97 Å². The Morgan fingerprint density at radius 3 is 2.70 bits per heavy atom. The molecular weight excluding hydrogens is 518 g/mol. The van der Waals surface area contributed by atoms with Gasteiger partial charge in [-0.1, -0.05) is 24.3 Å². The summed E-state index contributed by atoms with van der Waals surface area (Å²) in [6, 6.07) is 10.8. The molecule has 0 bridgehead atoms. The summed E-state index contributed by atoms with van der Waals surface area (Å²) in [6.07, 6.45) is 3.46. The van der Waals surface area contributed by atoms with Crippen molar-refractivity contribution in [2.24, 2.45) is 13.0 Å². The lowest BCUT2D eigenvalue weighted by Crippen LogP contribution is -2.45. The summed E-state index contributed by atoms with van der Waals surface area (Å²) < 4.78 is 37.8. The monoisotopic (exact) mass is 550 g/mol. The average Bonchev–Trinajstić information content (AvgIpc) is 3.64. The number of nitrogens with zero attached hydrogens (tertiary/aromatic N) is 3. The molecule has 2 aromatic heterocycles. The Kier molecular flexibility index (Phi) is 7.04. The molecule has 2 fully saturated rings. The van der Waals surface area contributed by atoms with E-state index in [1.807, 2.05) is 42.1 Å². The van der Waals surface area contributed by atoms with Gasteiger partial charge in [0.15, 0.2) is 11.4 Å². The zero-order valence-corrected chi connectivity index (χ0v) is 22.3. The van der Waals surface area contributed by atoms with E-state index in [1.165, 1.54) is 4.90 Å². The van der Waals surface area contributed by atoms with Crippen molar-refractivity contribution < 1.29 is 27.9 Å². The Labute approximate surface area is 230 Å². The minimum absolute atomic E-state index is 0.00629. The number of alkyl halides is 1. The van der Waals surface area contributed by atoms with E-state index in [1.54, 1.807) is 12.1 Å². The van der Waals surface area contributed by atoms with Gasteiger partial charge in [-0.3, -0.25) is 9.59 Å². The summed E-state index contributed by atoms with van der Waals surface area (Å²) in [5.41, 5.74) is 2.29. The molecule has 6 rings (SSSR count). The third kappa shape index (κ3) is 4.96. The predicted molar refractivity (Wildman–Crippen MR) is 146 cm³/mol. The number of fused-ring (bicyclic) bond motifs is 2. The Bertz CT molecular complexity index is 1570. The van der Waals surface area contributed by atoms with Crippen LogP contribution in [0.4, 0.5) is 8.78 Å². The maximum atomic E-state index is 15.6. The van der Waals surface area contributed by atoms with Crippen molar-refractivity contribution in [1.29, 1.82) is 0 Å². The predicted octanol–water partition coefficient (Wildman–Crippen LogP) is 4.84. The minimum Gasteiger partial charge on any atom is -0.481 e. The molecule has 2 N–H and O–H groups in total. The molecule has 0 radical (unpaired) electrons. The van der Waals surface area contributed by atoms with E-state index < -0.39 is 18.0 Å². The van der Waals surface area contributed by atoms with E-state index in [0.29, 0.717) is 30.8 Å². The van der Waals surface area contributed by atoms with E-state index in [-0.39, 0.29) is 54.4 Å². The molecule has 3 heterocycles. The number of aliphatic carboxylic acids is 1. The van der Waals surface area contributed by atoms with Crippen molar-refractivity contribution in [3.05, 3.63) is 54.0 Å². The first-order chi connectivity index (χ1) is 19.3. The van der Waals surface area contributed by atoms with Crippen LogP contribution in [0, 0.1) is 11.7 Å². The van der Waals surface area contributed by atoms with E-state index >= 15 is 4.39 Å². The van der Waals surface area contributed by atoms with Crippen LogP contribution in [0.3, 0.4) is 0 Å². The number of aryl methyl sites for hydroxylation is 1. The highest BCUT2D eigenvalue weighted by atomic mass is 19.1. The Balaban J connectivity index is 1.16. The second-order valence-corrected chi connectivity index (χ2v) is 11.1. The first-order valence-corrected chi connectivity index (χ1v) is 13.8. The highest BCUT2D eigenvalue weighted by Crippen LogP contribution is 2.33. The number of para-hydroxylation sites is 1. The third-order valence-electron chi connectivity index (χ3n) is 8.45. The molecule has 8 nitrogen and oxygen atoms in total. The van der Waals surface area contributed by atoms with E-state index in [9.17, 15) is 19.1 Å². The standard InChI is InChI=1S/C30H32F2N4O4/c1-35-16-23(22-4-2-3-5-25(22)35)29-34-24-11-8-18(27(32)28(24)40-29)12-26(37)36-15-19(31)13-21(36)14-33-20-9-6-17(7-10-20)30(38)39/h2-5,8,11,16-17,19-21,33H,6-7,9-10,12-15H2,1H3,(H,38,39)/t17-,19-,20-,21-/m0/s1. The zero-order chi connectivity index (χ0) is 28.0. The van der Waals surface area contributed by atoms with Gasteiger partial charge in [0.05, 0.1) is 24.4 Å². The molecule has 1 aliphatic carbocycles. The fourth-order valence-corrected chi connectivity index (χ4v) is 6.23. The molecule has 2 aromatic carbocycles. The van der Waals surface area contributed by atoms with Gasteiger partial charge in [-0.15, -0.1) is 0 Å². The van der Waals surface area contributed by atoms with Crippen LogP contribution in [0.15, 0.2) is 47.0 Å². The molecule has 1 saturated carbocycles. The Morgan fingerprint density at radius 2 is 1.93 bits per heavy atom. The molecule has 1 saturated heterocycles. The number of hydrogen-bond donors (Lipinski definition) is 2. The lowest BCUT2D eigenvalue weighted by Gasteiger charge is -2.30. The highest BCUT2D eigenvalue weighted by Gasteiger charge is 2.36. The van der Waals surface area contributed by atoms with Crippen molar-refractivity contribution in [2.45, 2.75) is 56.8 Å². The number of nitrogens with one attached hydrogen (secondary N) is 1. The summed E-state index contributed by atoms with van der Waals surface area (Å²) >= 11 is 0. The topological polar surface area (TPSA) is 101 Å². The van der Waals surface area contributed by atoms with Crippen LogP contribution in [0.5, 0.6) is 0 Å². The van der Waals surface area contributed by atoms with Crippen molar-refractivity contribution in [3.8, 4) is 11.5 Å². The second kappa shape index (κ2) is 10.6. The molecule has 40 heavy (non-hydrogen) atoms. The number of rotatable bonds is 7. The number of likely N-dealkylation sites (tertiary alicyclic amines) is 1. The van der Waals surface area contributed by atoms with E-state index in [0.717, 1.165) is 29.3 Å². The summed E-state index contributed by atoms with van der Waals surface area (Å²) in [7, 11) is 1.92. The van der Waals surface area contributed by atoms with Crippen molar-refractivity contribution in [2.75, 3.05) is 13.1 Å². The average molecular weight is 551 g/mol. The van der Waals surface area contributed by atoms with Crippen molar-refractivity contribution >= 4 is 33.9 Å². The number of benzene rings is 2. The SMILES string of the molecule is Cn1cc(-c2nc3ccc(CC(=O)N4C[C@@H](F)C[C@H]4CN[C@H]4CC[C@H](C(=O)O)CC4)c(F)c3o2)c2ccccc21. The molecule has 2 aliphatic rings. The molecule has 0 spiro atoms. The van der Waals surface area contributed by atoms with Gasteiger partial charge in [0.2, 0.25) is 11.8 Å². The number of carboxylic acid groups (broad SMARTS) is 1. The molecule has 2 atom stereocenters. The normalized spacial score (nSPS) is 23.3. The number of oxazole rings is 1. The first-order valence-electron chi connectivity index (χ1n) is 13.8. The fraction of sp³-hybridized carbons (Fsp3) is 0.433. The van der Waals surface area contributed by atoms with Crippen molar-refractivity contribution in [1.82, 2.24) is 19.8 Å². The van der Waals surface area contributed by atoms with Crippen LogP contribution >= 0.6 is 0 Å². The molecule has 1 amide bonds. The largest absolute Gasteiger partial charge is 0.481 e. The summed E-state index contributed by atoms with van der Waals surface area (Å²) in [5, 5.41) is 13.5. The lowest BCUT2D eigenvalue weighted by atomic mass is 9.86. The van der Waals surface area contributed by atoms with Crippen LogP contribution in [-0.2, 0) is 23.1 Å². The smallest absolute Gasteiger partial charge is 0.306 e. The highest BCUT2D eigenvalue weighted by molar-refractivity contribution is 5.95. The molecule has 210 valence electrons. The zero-order valence-electron chi connectivity index (χ0n) is 22.3. The van der Waals surface area contributed by atoms with Crippen LogP contribution in [0.2, 0.25) is 0 Å². The van der Waals surface area contributed by atoms with Crippen LogP contribution < -0.4 is 5.32 Å². The number of amides is 1.